The van der Waals surface area contributed by atoms with Gasteiger partial charge < -0.3 is 4.57 Å². The maximum Gasteiger partial charge on any atom is 0.204 e. The van der Waals surface area contributed by atoms with E-state index in [4.69, 9.17) is 4.98 Å². The van der Waals surface area contributed by atoms with Gasteiger partial charge in [0.1, 0.15) is 0 Å². The third-order valence-corrected chi connectivity index (χ3v) is 6.66. The first kappa shape index (κ1) is 16.9. The highest BCUT2D eigenvalue weighted by Crippen LogP contribution is 2.46. The summed E-state index contributed by atoms with van der Waals surface area (Å²) >= 11 is 0. The topological polar surface area (TPSA) is 72.3 Å². The molecule has 0 saturated heterocycles. The van der Waals surface area contributed by atoms with Crippen LogP contribution in [-0.4, -0.2) is 30.2 Å². The van der Waals surface area contributed by atoms with Crippen LogP contribution in [0.5, 0.6) is 0 Å². The lowest BCUT2D eigenvalue weighted by Crippen LogP contribution is -2.07. The number of tetrazole rings is 1. The highest BCUT2D eigenvalue weighted by molar-refractivity contribution is 5.95. The normalized spacial score (nSPS) is 17.1. The van der Waals surface area contributed by atoms with Crippen molar-refractivity contribution in [3.63, 3.8) is 0 Å². The minimum absolute atomic E-state index is 0.629. The van der Waals surface area contributed by atoms with Gasteiger partial charge >= 0.3 is 0 Å². The van der Waals surface area contributed by atoms with Crippen LogP contribution in [-0.2, 0) is 13.0 Å². The number of H-pyrrole nitrogens is 1. The minimum Gasteiger partial charge on any atom is -0.340 e. The highest BCUT2D eigenvalue weighted by Gasteiger charge is 2.29. The molecule has 1 saturated carbocycles. The van der Waals surface area contributed by atoms with Gasteiger partial charge in [-0.1, -0.05) is 31.4 Å². The molecule has 0 unspecified atom stereocenters. The molecule has 1 aliphatic heterocycles. The van der Waals surface area contributed by atoms with E-state index in [1.807, 2.05) is 6.20 Å². The number of nitrogens with zero attached hydrogens (tertiary/aromatic N) is 5. The van der Waals surface area contributed by atoms with E-state index >= 15 is 0 Å². The average molecular weight is 384 g/mol. The monoisotopic (exact) mass is 384 g/mol. The molecule has 0 atom stereocenters. The third kappa shape index (κ3) is 2.69. The quantitative estimate of drug-likeness (QED) is 0.535. The van der Waals surface area contributed by atoms with Crippen molar-refractivity contribution in [1.29, 1.82) is 0 Å². The zero-order valence-electron chi connectivity index (χ0n) is 16.4. The van der Waals surface area contributed by atoms with E-state index in [1.165, 1.54) is 65.5 Å². The molecule has 0 amide bonds. The van der Waals surface area contributed by atoms with E-state index in [0.29, 0.717) is 11.7 Å². The second-order valence-corrected chi connectivity index (χ2v) is 8.32. The predicted octanol–water partition coefficient (Wildman–Crippen LogP) is 4.88. The number of aryl methyl sites for hydroxylation is 2. The molecule has 1 fully saturated rings. The van der Waals surface area contributed by atoms with Crippen LogP contribution in [0.1, 0.15) is 55.7 Å². The van der Waals surface area contributed by atoms with Crippen molar-refractivity contribution in [2.75, 3.05) is 0 Å². The number of hydrogen-bond donors (Lipinski definition) is 1. The molecule has 0 bridgehead atoms. The van der Waals surface area contributed by atoms with Gasteiger partial charge in [0.2, 0.25) is 5.82 Å². The van der Waals surface area contributed by atoms with E-state index in [1.54, 1.807) is 0 Å². The fourth-order valence-electron chi connectivity index (χ4n) is 5.38. The van der Waals surface area contributed by atoms with E-state index in [2.05, 4.69) is 55.5 Å². The van der Waals surface area contributed by atoms with Gasteiger partial charge in [-0.05, 0) is 60.6 Å². The SMILES string of the molecule is c1cnc2c(c1)-c1c(C3CCCCC3)c3ccc(-c4nn[nH]n4)cc3n1CCC2. The van der Waals surface area contributed by atoms with E-state index < -0.39 is 0 Å². The van der Waals surface area contributed by atoms with Crippen molar-refractivity contribution in [2.45, 2.75) is 57.4 Å². The summed E-state index contributed by atoms with van der Waals surface area (Å²) < 4.78 is 2.54. The third-order valence-electron chi connectivity index (χ3n) is 6.66. The van der Waals surface area contributed by atoms with E-state index in [-0.39, 0.29) is 0 Å². The predicted molar refractivity (Wildman–Crippen MR) is 112 cm³/mol. The lowest BCUT2D eigenvalue weighted by molar-refractivity contribution is 0.445. The number of rotatable bonds is 2. The van der Waals surface area contributed by atoms with Gasteiger partial charge in [-0.25, -0.2) is 0 Å². The van der Waals surface area contributed by atoms with Crippen LogP contribution in [0.3, 0.4) is 0 Å². The second kappa shape index (κ2) is 6.79. The first-order chi connectivity index (χ1) is 14.4. The summed E-state index contributed by atoms with van der Waals surface area (Å²) in [5.74, 6) is 1.28. The molecule has 6 rings (SSSR count). The zero-order chi connectivity index (χ0) is 19.2. The van der Waals surface area contributed by atoms with Crippen molar-refractivity contribution in [2.24, 2.45) is 0 Å². The number of aromatic amines is 1. The van der Waals surface area contributed by atoms with Gasteiger partial charge in [-0.15, -0.1) is 10.2 Å². The lowest BCUT2D eigenvalue weighted by atomic mass is 9.81. The van der Waals surface area contributed by atoms with Crippen molar-refractivity contribution >= 4 is 10.9 Å². The highest BCUT2D eigenvalue weighted by atomic mass is 15.5. The molecule has 0 radical (unpaired) electrons. The summed E-state index contributed by atoms with van der Waals surface area (Å²) in [5, 5.41) is 16.1. The summed E-state index contributed by atoms with van der Waals surface area (Å²) in [6.45, 7) is 1.02. The number of benzene rings is 1. The Labute approximate surface area is 169 Å². The van der Waals surface area contributed by atoms with Crippen molar-refractivity contribution < 1.29 is 0 Å². The fourth-order valence-corrected chi connectivity index (χ4v) is 5.38. The van der Waals surface area contributed by atoms with Crippen LogP contribution in [0.25, 0.3) is 33.5 Å². The van der Waals surface area contributed by atoms with Crippen molar-refractivity contribution in [3.05, 3.63) is 47.8 Å². The zero-order valence-corrected chi connectivity index (χ0v) is 16.4. The Hall–Kier alpha value is -3.02. The van der Waals surface area contributed by atoms with Crippen molar-refractivity contribution in [1.82, 2.24) is 30.2 Å². The minimum atomic E-state index is 0.629. The molecular weight excluding hydrogens is 360 g/mol. The average Bonchev–Trinajstić information content (AvgIpc) is 3.37. The molecule has 146 valence electrons. The summed E-state index contributed by atoms with van der Waals surface area (Å²) in [5.41, 5.74) is 7.80. The van der Waals surface area contributed by atoms with Crippen LogP contribution in [0.15, 0.2) is 36.5 Å². The van der Waals surface area contributed by atoms with Gasteiger partial charge in [0.05, 0.1) is 5.69 Å². The Morgan fingerprint density at radius 2 is 1.97 bits per heavy atom. The summed E-state index contributed by atoms with van der Waals surface area (Å²) in [6, 6.07) is 11.0. The standard InChI is InChI=1S/C23H24N6/c1-2-6-15(7-3-1)21-18-11-10-16(23-25-27-28-26-23)14-20(18)29-13-5-9-19-17(22(21)29)8-4-12-24-19/h4,8,10-12,14-15H,1-3,5-7,9,13H2,(H,25,26,27,28). The molecule has 6 nitrogen and oxygen atoms in total. The number of aromatic nitrogens is 6. The first-order valence-corrected chi connectivity index (χ1v) is 10.7. The van der Waals surface area contributed by atoms with E-state index in [9.17, 15) is 0 Å². The second-order valence-electron chi connectivity index (χ2n) is 8.32. The summed E-state index contributed by atoms with van der Waals surface area (Å²) in [6.07, 6.45) is 10.7. The molecule has 4 heterocycles. The number of nitrogens with one attached hydrogen (secondary N) is 1. The molecule has 0 spiro atoms. The largest absolute Gasteiger partial charge is 0.340 e. The number of fused-ring (bicyclic) bond motifs is 5. The fraction of sp³-hybridized carbons (Fsp3) is 0.391. The molecular formula is C23H24N6. The van der Waals surface area contributed by atoms with Gasteiger partial charge in [0.25, 0.3) is 0 Å². The van der Waals surface area contributed by atoms with Gasteiger partial charge in [-0.3, -0.25) is 4.98 Å². The Morgan fingerprint density at radius 1 is 1.03 bits per heavy atom. The molecule has 6 heteroatoms. The summed E-state index contributed by atoms with van der Waals surface area (Å²) in [7, 11) is 0. The molecule has 29 heavy (non-hydrogen) atoms. The van der Waals surface area contributed by atoms with E-state index in [0.717, 1.165) is 24.9 Å². The Bertz CT molecular complexity index is 1170. The van der Waals surface area contributed by atoms with Crippen LogP contribution in [0, 0.1) is 0 Å². The van der Waals surface area contributed by atoms with Gasteiger partial charge in [0.15, 0.2) is 0 Å². The molecule has 4 aromatic rings. The number of pyridine rings is 1. The molecule has 1 aliphatic carbocycles. The number of hydrogen-bond acceptors (Lipinski definition) is 4. The smallest absolute Gasteiger partial charge is 0.204 e. The maximum absolute atomic E-state index is 4.75. The summed E-state index contributed by atoms with van der Waals surface area (Å²) in [4.78, 5) is 4.75. The Kier molecular flexibility index (Phi) is 3.96. The van der Waals surface area contributed by atoms with Crippen LogP contribution < -0.4 is 0 Å². The first-order valence-electron chi connectivity index (χ1n) is 10.7. The molecule has 2 aliphatic rings. The van der Waals surface area contributed by atoms with Crippen LogP contribution >= 0.6 is 0 Å². The molecule has 3 aromatic heterocycles. The molecule has 1 aromatic carbocycles. The van der Waals surface area contributed by atoms with Crippen LogP contribution in [0.2, 0.25) is 0 Å². The Balaban J connectivity index is 1.65. The lowest BCUT2D eigenvalue weighted by Gasteiger charge is -2.23. The molecule has 1 N–H and O–H groups in total. The Morgan fingerprint density at radius 3 is 2.83 bits per heavy atom. The van der Waals surface area contributed by atoms with Crippen molar-refractivity contribution in [3.8, 4) is 22.6 Å². The van der Waals surface area contributed by atoms with Gasteiger partial charge in [-0.2, -0.15) is 5.21 Å². The van der Waals surface area contributed by atoms with Gasteiger partial charge in [0, 0.05) is 40.5 Å². The van der Waals surface area contributed by atoms with Crippen LogP contribution in [0.4, 0.5) is 0 Å². The maximum atomic E-state index is 4.75.